The second-order valence-corrected chi connectivity index (χ2v) is 7.34. The number of carboxylic acids is 1. The van der Waals surface area contributed by atoms with Gasteiger partial charge in [0.1, 0.15) is 9.77 Å². The summed E-state index contributed by atoms with van der Waals surface area (Å²) in [6, 6.07) is -0.411. The van der Waals surface area contributed by atoms with Gasteiger partial charge >= 0.3 is 5.97 Å². The van der Waals surface area contributed by atoms with Crippen LogP contribution in [-0.4, -0.2) is 39.3 Å². The van der Waals surface area contributed by atoms with Crippen molar-refractivity contribution in [3.63, 3.8) is 0 Å². The number of hydrogen-bond donors (Lipinski definition) is 2. The lowest BCUT2D eigenvalue weighted by Crippen LogP contribution is -2.42. The van der Waals surface area contributed by atoms with Gasteiger partial charge in [-0.25, -0.2) is 17.9 Å². The number of nitrogens with one attached hydrogen (secondary N) is 1. The first-order valence-electron chi connectivity index (χ1n) is 6.03. The molecule has 0 aromatic carbocycles. The van der Waals surface area contributed by atoms with E-state index in [2.05, 4.69) is 4.72 Å². The highest BCUT2D eigenvalue weighted by atomic mass is 32.2. The van der Waals surface area contributed by atoms with Crippen molar-refractivity contribution < 1.29 is 23.1 Å². The molecule has 1 atom stereocenters. The molecule has 0 amide bonds. The van der Waals surface area contributed by atoms with Crippen LogP contribution in [0.2, 0.25) is 0 Å². The van der Waals surface area contributed by atoms with E-state index in [0.29, 0.717) is 5.56 Å². The molecule has 0 bridgehead atoms. The normalized spacial score (nSPS) is 13.7. The van der Waals surface area contributed by atoms with Gasteiger partial charge in [-0.2, -0.15) is 0 Å². The van der Waals surface area contributed by atoms with E-state index in [-0.39, 0.29) is 22.3 Å². The summed E-state index contributed by atoms with van der Waals surface area (Å²) in [5, 5.41) is 10.6. The molecule has 0 saturated heterocycles. The SMILES string of the molecule is COCC(NS(=O)(=O)c1c(C)csc1C(=O)O)C(C)C. The van der Waals surface area contributed by atoms with Crippen LogP contribution in [0.3, 0.4) is 0 Å². The second-order valence-electron chi connectivity index (χ2n) is 4.81. The van der Waals surface area contributed by atoms with Gasteiger partial charge in [-0.05, 0) is 23.8 Å². The third-order valence-electron chi connectivity index (χ3n) is 2.84. The fourth-order valence-electron chi connectivity index (χ4n) is 1.72. The van der Waals surface area contributed by atoms with Crippen LogP contribution >= 0.6 is 11.3 Å². The molecule has 1 heterocycles. The number of rotatable bonds is 7. The molecule has 0 radical (unpaired) electrons. The van der Waals surface area contributed by atoms with Gasteiger partial charge in [-0.1, -0.05) is 13.8 Å². The second kappa shape index (κ2) is 6.66. The first kappa shape index (κ1) is 17.1. The van der Waals surface area contributed by atoms with Crippen molar-refractivity contribution in [3.8, 4) is 0 Å². The summed E-state index contributed by atoms with van der Waals surface area (Å²) in [6.07, 6.45) is 0. The van der Waals surface area contributed by atoms with Crippen LogP contribution in [0.1, 0.15) is 29.1 Å². The van der Waals surface area contributed by atoms with Crippen LogP contribution in [0.4, 0.5) is 0 Å². The molecule has 0 aliphatic rings. The molecule has 0 aliphatic carbocycles. The van der Waals surface area contributed by atoms with Gasteiger partial charge in [0.25, 0.3) is 0 Å². The molecule has 0 saturated carbocycles. The average molecular weight is 321 g/mol. The number of hydrogen-bond acceptors (Lipinski definition) is 5. The maximum absolute atomic E-state index is 12.4. The van der Waals surface area contributed by atoms with Crippen LogP contribution in [0, 0.1) is 12.8 Å². The number of aryl methyl sites for hydroxylation is 1. The number of carbonyl (C=O) groups is 1. The summed E-state index contributed by atoms with van der Waals surface area (Å²) >= 11 is 0.910. The van der Waals surface area contributed by atoms with E-state index in [1.54, 1.807) is 6.92 Å². The van der Waals surface area contributed by atoms with Gasteiger partial charge in [-0.15, -0.1) is 11.3 Å². The van der Waals surface area contributed by atoms with Crippen molar-refractivity contribution in [3.05, 3.63) is 15.8 Å². The van der Waals surface area contributed by atoms with Crippen LogP contribution in [-0.2, 0) is 14.8 Å². The summed E-state index contributed by atoms with van der Waals surface area (Å²) in [4.78, 5) is 10.8. The molecule has 0 aliphatic heterocycles. The van der Waals surface area contributed by atoms with E-state index < -0.39 is 22.0 Å². The summed E-state index contributed by atoms with van der Waals surface area (Å²) < 4.78 is 32.3. The fraction of sp³-hybridized carbons (Fsp3) is 0.583. The zero-order valence-electron chi connectivity index (χ0n) is 11.8. The molecule has 8 heteroatoms. The Morgan fingerprint density at radius 2 is 2.10 bits per heavy atom. The van der Waals surface area contributed by atoms with Crippen molar-refractivity contribution in [1.29, 1.82) is 0 Å². The summed E-state index contributed by atoms with van der Waals surface area (Å²) in [5.41, 5.74) is 0.430. The van der Waals surface area contributed by atoms with E-state index in [9.17, 15) is 13.2 Å². The summed E-state index contributed by atoms with van der Waals surface area (Å²) in [7, 11) is -2.40. The predicted octanol–water partition coefficient (Wildman–Crippen LogP) is 1.70. The van der Waals surface area contributed by atoms with Gasteiger partial charge in [0.2, 0.25) is 10.0 Å². The number of sulfonamides is 1. The van der Waals surface area contributed by atoms with Crippen LogP contribution in [0.15, 0.2) is 10.3 Å². The zero-order valence-corrected chi connectivity index (χ0v) is 13.5. The molecule has 1 unspecified atom stereocenters. The molecule has 1 aromatic heterocycles. The quantitative estimate of drug-likeness (QED) is 0.797. The summed E-state index contributed by atoms with van der Waals surface area (Å²) in [5.74, 6) is -1.21. The van der Waals surface area contributed by atoms with Gasteiger partial charge in [0.05, 0.1) is 6.61 Å². The fourth-order valence-corrected chi connectivity index (χ4v) is 4.72. The molecule has 1 rings (SSSR count). The Hall–Kier alpha value is -0.960. The van der Waals surface area contributed by atoms with E-state index >= 15 is 0 Å². The first-order chi connectivity index (χ1) is 9.20. The van der Waals surface area contributed by atoms with Gasteiger partial charge in [0, 0.05) is 13.2 Å². The van der Waals surface area contributed by atoms with Crippen molar-refractivity contribution in [2.45, 2.75) is 31.7 Å². The topological polar surface area (TPSA) is 92.7 Å². The molecule has 2 N–H and O–H groups in total. The molecule has 0 spiro atoms. The third kappa shape index (κ3) is 3.78. The van der Waals surface area contributed by atoms with Crippen LogP contribution < -0.4 is 4.72 Å². The molecule has 1 aromatic rings. The number of methoxy groups -OCH3 is 1. The Labute approximate surface area is 122 Å². The highest BCUT2D eigenvalue weighted by molar-refractivity contribution is 7.89. The van der Waals surface area contributed by atoms with Gasteiger partial charge in [0.15, 0.2) is 0 Å². The predicted molar refractivity (Wildman–Crippen MR) is 76.8 cm³/mol. The smallest absolute Gasteiger partial charge is 0.347 e. The molecule has 114 valence electrons. The monoisotopic (exact) mass is 321 g/mol. The maximum Gasteiger partial charge on any atom is 0.347 e. The van der Waals surface area contributed by atoms with Crippen molar-refractivity contribution >= 4 is 27.3 Å². The van der Waals surface area contributed by atoms with Crippen molar-refractivity contribution in [2.24, 2.45) is 5.92 Å². The molecule has 6 nitrogen and oxygen atoms in total. The van der Waals surface area contributed by atoms with Crippen molar-refractivity contribution in [2.75, 3.05) is 13.7 Å². The van der Waals surface area contributed by atoms with Crippen LogP contribution in [0.5, 0.6) is 0 Å². The first-order valence-corrected chi connectivity index (χ1v) is 8.39. The lowest BCUT2D eigenvalue weighted by atomic mass is 10.1. The van der Waals surface area contributed by atoms with Gasteiger partial charge in [-0.3, -0.25) is 0 Å². The van der Waals surface area contributed by atoms with Gasteiger partial charge < -0.3 is 9.84 Å². The maximum atomic E-state index is 12.4. The molecular weight excluding hydrogens is 302 g/mol. The zero-order chi connectivity index (χ0) is 15.5. The highest BCUT2D eigenvalue weighted by Crippen LogP contribution is 2.27. The van der Waals surface area contributed by atoms with E-state index in [4.69, 9.17) is 9.84 Å². The molecule has 20 heavy (non-hydrogen) atoms. The lowest BCUT2D eigenvalue weighted by molar-refractivity contribution is 0.0698. The largest absolute Gasteiger partial charge is 0.477 e. The number of aromatic carboxylic acids is 1. The Morgan fingerprint density at radius 1 is 1.50 bits per heavy atom. The van der Waals surface area contributed by atoms with E-state index in [1.807, 2.05) is 13.8 Å². The Kier molecular flexibility index (Phi) is 5.69. The third-order valence-corrected chi connectivity index (χ3v) is 5.73. The van der Waals surface area contributed by atoms with Crippen LogP contribution in [0.25, 0.3) is 0 Å². The summed E-state index contributed by atoms with van der Waals surface area (Å²) in [6.45, 7) is 5.54. The highest BCUT2D eigenvalue weighted by Gasteiger charge is 2.29. The standard InChI is InChI=1S/C12H19NO5S2/c1-7(2)9(5-18-4)13-20(16,17)11-8(3)6-19-10(11)12(14)15/h6-7,9,13H,5H2,1-4H3,(H,14,15). The van der Waals surface area contributed by atoms with E-state index in [1.165, 1.54) is 12.5 Å². The minimum Gasteiger partial charge on any atom is -0.477 e. The average Bonchev–Trinajstić information content (AvgIpc) is 2.71. The molecular formula is C12H19NO5S2. The van der Waals surface area contributed by atoms with Crippen molar-refractivity contribution in [1.82, 2.24) is 4.72 Å². The number of carboxylic acid groups (broad SMARTS) is 1. The molecule has 0 fully saturated rings. The Bertz CT molecular complexity index is 577. The Balaban J connectivity index is 3.17. The Morgan fingerprint density at radius 3 is 2.55 bits per heavy atom. The minimum atomic E-state index is -3.89. The number of ether oxygens (including phenoxy) is 1. The lowest BCUT2D eigenvalue weighted by Gasteiger charge is -2.21. The minimum absolute atomic E-state index is 0.0249. The van der Waals surface area contributed by atoms with E-state index in [0.717, 1.165) is 11.3 Å². The number of thiophene rings is 1.